The van der Waals surface area contributed by atoms with Gasteiger partial charge in [0.15, 0.2) is 0 Å². The van der Waals surface area contributed by atoms with E-state index in [-0.39, 0.29) is 18.5 Å². The molecule has 0 bridgehead atoms. The molecule has 2 amide bonds. The van der Waals surface area contributed by atoms with Crippen LogP contribution < -0.4 is 9.62 Å². The lowest BCUT2D eigenvalue weighted by Gasteiger charge is -2.32. The molecule has 0 heterocycles. The van der Waals surface area contributed by atoms with Crippen LogP contribution in [0.2, 0.25) is 0 Å². The van der Waals surface area contributed by atoms with Crippen molar-refractivity contribution in [3.05, 3.63) is 63.6 Å². The molecule has 0 aliphatic carbocycles. The molecule has 2 rings (SSSR count). The van der Waals surface area contributed by atoms with E-state index in [4.69, 9.17) is 0 Å². The molecule has 9 heteroatoms. The van der Waals surface area contributed by atoms with Crippen LogP contribution in [0.15, 0.2) is 46.9 Å². The number of carbonyl (C=O) groups is 2. The van der Waals surface area contributed by atoms with E-state index in [1.807, 2.05) is 52.0 Å². The summed E-state index contributed by atoms with van der Waals surface area (Å²) in [5.41, 5.74) is 3.13. The van der Waals surface area contributed by atoms with E-state index in [0.717, 1.165) is 38.1 Å². The SMILES string of the molecule is CC[C@H](C)NC(=O)[C@H](C)N(Cc1cccc(C)c1)C(=O)CN(c1ccc(Br)c(C)c1)S(C)(=O)=O. The number of halogens is 1. The van der Waals surface area contributed by atoms with Gasteiger partial charge in [-0.3, -0.25) is 13.9 Å². The van der Waals surface area contributed by atoms with E-state index >= 15 is 0 Å². The number of carbonyl (C=O) groups excluding carboxylic acids is 2. The predicted molar refractivity (Wildman–Crippen MR) is 140 cm³/mol. The summed E-state index contributed by atoms with van der Waals surface area (Å²) in [4.78, 5) is 27.9. The quantitative estimate of drug-likeness (QED) is 0.480. The van der Waals surface area contributed by atoms with Gasteiger partial charge in [-0.1, -0.05) is 52.7 Å². The molecule has 186 valence electrons. The first-order valence-corrected chi connectivity index (χ1v) is 13.9. The zero-order valence-corrected chi connectivity index (χ0v) is 23.0. The number of anilines is 1. The number of hydrogen-bond acceptors (Lipinski definition) is 4. The van der Waals surface area contributed by atoms with Gasteiger partial charge in [0.25, 0.3) is 0 Å². The topological polar surface area (TPSA) is 86.8 Å². The maximum absolute atomic E-state index is 13.5. The Morgan fingerprint density at radius 1 is 1.09 bits per heavy atom. The lowest BCUT2D eigenvalue weighted by Crippen LogP contribution is -2.52. The summed E-state index contributed by atoms with van der Waals surface area (Å²) in [5, 5.41) is 2.92. The number of rotatable bonds is 10. The predicted octanol–water partition coefficient (Wildman–Crippen LogP) is 4.16. The van der Waals surface area contributed by atoms with Crippen molar-refractivity contribution >= 4 is 43.5 Å². The standard InChI is InChI=1S/C25H34BrN3O4S/c1-7-19(4)27-25(31)20(5)28(15-21-10-8-9-17(2)13-21)24(30)16-29(34(6,32)33)22-11-12-23(26)18(3)14-22/h8-14,19-20H,7,15-16H2,1-6H3,(H,27,31)/t19-,20-/m0/s1. The van der Waals surface area contributed by atoms with E-state index in [1.54, 1.807) is 25.1 Å². The Morgan fingerprint density at radius 2 is 1.76 bits per heavy atom. The number of amides is 2. The molecular formula is C25H34BrN3O4S. The van der Waals surface area contributed by atoms with Crippen molar-refractivity contribution in [2.45, 2.75) is 59.7 Å². The summed E-state index contributed by atoms with van der Waals surface area (Å²) in [6.07, 6.45) is 1.83. The highest BCUT2D eigenvalue weighted by Crippen LogP contribution is 2.25. The Balaban J connectivity index is 2.41. The summed E-state index contributed by atoms with van der Waals surface area (Å²) in [6, 6.07) is 12.0. The maximum Gasteiger partial charge on any atom is 0.244 e. The van der Waals surface area contributed by atoms with Crippen molar-refractivity contribution in [3.8, 4) is 0 Å². The molecule has 0 saturated heterocycles. The first-order valence-electron chi connectivity index (χ1n) is 11.2. The third kappa shape index (κ3) is 7.56. The molecule has 0 aliphatic rings. The first-order chi connectivity index (χ1) is 15.8. The largest absolute Gasteiger partial charge is 0.352 e. The molecule has 0 unspecified atom stereocenters. The molecule has 0 spiro atoms. The summed E-state index contributed by atoms with van der Waals surface area (Å²) < 4.78 is 27.2. The molecule has 2 atom stereocenters. The monoisotopic (exact) mass is 551 g/mol. The second-order valence-electron chi connectivity index (χ2n) is 8.71. The highest BCUT2D eigenvalue weighted by Gasteiger charge is 2.30. The smallest absolute Gasteiger partial charge is 0.244 e. The Bertz CT molecular complexity index is 1140. The van der Waals surface area contributed by atoms with Crippen LogP contribution in [0.3, 0.4) is 0 Å². The fourth-order valence-corrected chi connectivity index (χ4v) is 4.54. The number of nitrogens with zero attached hydrogens (tertiary/aromatic N) is 2. The van der Waals surface area contributed by atoms with E-state index in [0.29, 0.717) is 5.69 Å². The summed E-state index contributed by atoms with van der Waals surface area (Å²) >= 11 is 3.42. The molecule has 2 aromatic rings. The van der Waals surface area contributed by atoms with E-state index in [2.05, 4.69) is 21.2 Å². The van der Waals surface area contributed by atoms with E-state index < -0.39 is 28.5 Å². The minimum absolute atomic E-state index is 0.0378. The third-order valence-electron chi connectivity index (χ3n) is 5.71. The summed E-state index contributed by atoms with van der Waals surface area (Å²) in [6.45, 7) is 9.12. The molecule has 34 heavy (non-hydrogen) atoms. The zero-order chi connectivity index (χ0) is 25.6. The third-order valence-corrected chi connectivity index (χ3v) is 7.74. The average molecular weight is 553 g/mol. The van der Waals surface area contributed by atoms with Crippen molar-refractivity contribution in [3.63, 3.8) is 0 Å². The van der Waals surface area contributed by atoms with Gasteiger partial charge < -0.3 is 10.2 Å². The number of nitrogens with one attached hydrogen (secondary N) is 1. The van der Waals surface area contributed by atoms with Crippen LogP contribution in [-0.4, -0.2) is 50.0 Å². The molecular weight excluding hydrogens is 518 g/mol. The first kappa shape index (κ1) is 27.9. The highest BCUT2D eigenvalue weighted by molar-refractivity contribution is 9.10. The van der Waals surface area contributed by atoms with E-state index in [1.165, 1.54) is 4.90 Å². The summed E-state index contributed by atoms with van der Waals surface area (Å²) in [5.74, 6) is -0.736. The molecule has 1 N–H and O–H groups in total. The van der Waals surface area contributed by atoms with Crippen LogP contribution in [0.4, 0.5) is 5.69 Å². The second kappa shape index (κ2) is 11.8. The maximum atomic E-state index is 13.5. The van der Waals surface area contributed by atoms with Crippen molar-refractivity contribution < 1.29 is 18.0 Å². The number of aryl methyl sites for hydroxylation is 2. The van der Waals surface area contributed by atoms with Crippen LogP contribution >= 0.6 is 15.9 Å². The van der Waals surface area contributed by atoms with Crippen molar-refractivity contribution in [2.75, 3.05) is 17.1 Å². The molecule has 0 fully saturated rings. The molecule has 0 aliphatic heterocycles. The molecule has 2 aromatic carbocycles. The molecule has 0 radical (unpaired) electrons. The van der Waals surface area contributed by atoms with E-state index in [9.17, 15) is 18.0 Å². The van der Waals surface area contributed by atoms with Gasteiger partial charge in [0.2, 0.25) is 21.8 Å². The molecule has 0 saturated carbocycles. The Labute approximate surface area is 211 Å². The van der Waals surface area contributed by atoms with Gasteiger partial charge in [0.05, 0.1) is 11.9 Å². The van der Waals surface area contributed by atoms with Crippen LogP contribution in [0.1, 0.15) is 43.9 Å². The van der Waals surface area contributed by atoms with Crippen LogP contribution in [0, 0.1) is 13.8 Å². The van der Waals surface area contributed by atoms with Crippen molar-refractivity contribution in [1.29, 1.82) is 0 Å². The van der Waals surface area contributed by atoms with Gasteiger partial charge in [-0.25, -0.2) is 8.42 Å². The Morgan fingerprint density at radius 3 is 2.32 bits per heavy atom. The van der Waals surface area contributed by atoms with Crippen LogP contribution in [-0.2, 0) is 26.2 Å². The van der Waals surface area contributed by atoms with Crippen molar-refractivity contribution in [1.82, 2.24) is 10.2 Å². The highest BCUT2D eigenvalue weighted by atomic mass is 79.9. The zero-order valence-electron chi connectivity index (χ0n) is 20.6. The fraction of sp³-hybridized carbons (Fsp3) is 0.440. The molecule has 0 aromatic heterocycles. The van der Waals surface area contributed by atoms with Gasteiger partial charge in [-0.05, 0) is 63.4 Å². The van der Waals surface area contributed by atoms with Gasteiger partial charge in [-0.2, -0.15) is 0 Å². The average Bonchev–Trinajstić information content (AvgIpc) is 2.76. The lowest BCUT2D eigenvalue weighted by atomic mass is 10.1. The van der Waals surface area contributed by atoms with Crippen molar-refractivity contribution in [2.24, 2.45) is 0 Å². The minimum Gasteiger partial charge on any atom is -0.352 e. The Hall–Kier alpha value is -2.39. The number of benzene rings is 2. The molecule has 7 nitrogen and oxygen atoms in total. The Kier molecular flexibility index (Phi) is 9.70. The van der Waals surface area contributed by atoms with Gasteiger partial charge in [0.1, 0.15) is 12.6 Å². The minimum atomic E-state index is -3.75. The summed E-state index contributed by atoms with van der Waals surface area (Å²) in [7, 11) is -3.75. The van der Waals surface area contributed by atoms with Crippen LogP contribution in [0.5, 0.6) is 0 Å². The normalized spacial score (nSPS) is 13.1. The fourth-order valence-electron chi connectivity index (χ4n) is 3.45. The van der Waals surface area contributed by atoms with Gasteiger partial charge in [0, 0.05) is 17.1 Å². The van der Waals surface area contributed by atoms with Crippen LogP contribution in [0.25, 0.3) is 0 Å². The second-order valence-corrected chi connectivity index (χ2v) is 11.5. The lowest BCUT2D eigenvalue weighted by molar-refractivity contribution is -0.139. The number of hydrogen-bond donors (Lipinski definition) is 1. The number of sulfonamides is 1. The van der Waals surface area contributed by atoms with Gasteiger partial charge >= 0.3 is 0 Å². The van der Waals surface area contributed by atoms with Gasteiger partial charge in [-0.15, -0.1) is 0 Å².